The fourth-order valence-corrected chi connectivity index (χ4v) is 1.94. The van der Waals surface area contributed by atoms with E-state index in [1.165, 1.54) is 0 Å². The molecule has 0 unspecified atom stereocenters. The maximum absolute atomic E-state index is 5.55. The summed E-state index contributed by atoms with van der Waals surface area (Å²) in [5.74, 6) is 2.25. The van der Waals surface area contributed by atoms with E-state index < -0.39 is 0 Å². The highest BCUT2D eigenvalue weighted by atomic mass is 16.4. The molecule has 102 valence electrons. The van der Waals surface area contributed by atoms with Gasteiger partial charge in [0.2, 0.25) is 5.89 Å². The van der Waals surface area contributed by atoms with Crippen LogP contribution in [0.2, 0.25) is 0 Å². The van der Waals surface area contributed by atoms with E-state index in [-0.39, 0.29) is 0 Å². The van der Waals surface area contributed by atoms with Crippen molar-refractivity contribution in [1.29, 1.82) is 0 Å². The molecule has 0 spiro atoms. The zero-order chi connectivity index (χ0) is 13.9. The Bertz CT molecular complexity index is 703. The highest BCUT2D eigenvalue weighted by Crippen LogP contribution is 2.20. The summed E-state index contributed by atoms with van der Waals surface area (Å²) < 4.78 is 11.0. The van der Waals surface area contributed by atoms with Crippen LogP contribution in [0.5, 0.6) is 0 Å². The molecule has 0 atom stereocenters. The van der Waals surface area contributed by atoms with E-state index in [0.29, 0.717) is 18.5 Å². The lowest BCUT2D eigenvalue weighted by Gasteiger charge is -1.99. The largest absolute Gasteiger partial charge is 0.466 e. The molecule has 0 aliphatic heterocycles. The summed E-state index contributed by atoms with van der Waals surface area (Å²) in [5.41, 5.74) is 1.92. The number of hydrogen-bond acceptors (Lipinski definition) is 6. The van der Waals surface area contributed by atoms with Gasteiger partial charge in [-0.1, -0.05) is 5.10 Å². The molecule has 0 bridgehead atoms. The molecule has 0 aromatic carbocycles. The lowest BCUT2D eigenvalue weighted by molar-refractivity contribution is 0.501. The van der Waals surface area contributed by atoms with E-state index in [0.717, 1.165) is 22.6 Å². The van der Waals surface area contributed by atoms with Crippen molar-refractivity contribution in [3.05, 3.63) is 47.7 Å². The van der Waals surface area contributed by atoms with E-state index in [1.54, 1.807) is 12.4 Å². The number of anilines is 1. The molecule has 1 N–H and O–H groups in total. The molecule has 20 heavy (non-hydrogen) atoms. The molecule has 0 radical (unpaired) electrons. The number of nitrogens with one attached hydrogen (secondary N) is 1. The minimum atomic E-state index is 0.384. The van der Waals surface area contributed by atoms with Crippen molar-refractivity contribution in [2.24, 2.45) is 0 Å². The summed E-state index contributed by atoms with van der Waals surface area (Å²) in [6, 6.07) is 6.01. The molecule has 6 nitrogen and oxygen atoms in total. The first-order valence-corrected chi connectivity index (χ1v) is 6.26. The van der Waals surface area contributed by atoms with E-state index in [2.05, 4.69) is 20.5 Å². The van der Waals surface area contributed by atoms with Gasteiger partial charge in [-0.2, -0.15) is 0 Å². The highest BCUT2D eigenvalue weighted by molar-refractivity contribution is 5.51. The monoisotopic (exact) mass is 270 g/mol. The first kappa shape index (κ1) is 12.4. The maximum Gasteiger partial charge on any atom is 0.316 e. The summed E-state index contributed by atoms with van der Waals surface area (Å²) in [4.78, 5) is 3.95. The Morgan fingerprint density at radius 1 is 1.10 bits per heavy atom. The van der Waals surface area contributed by atoms with Crippen molar-refractivity contribution in [3.8, 4) is 11.5 Å². The molecule has 3 heterocycles. The standard InChI is InChI=1S/C14H14N4O2/c1-9-7-12(10(2)19-9)8-16-14-18-17-13(20-14)11-3-5-15-6-4-11/h3-7H,8H2,1-2H3,(H,16,18). The third-order valence-corrected chi connectivity index (χ3v) is 2.93. The molecular formula is C14H14N4O2. The molecular weight excluding hydrogens is 256 g/mol. The maximum atomic E-state index is 5.55. The van der Waals surface area contributed by atoms with Crippen molar-refractivity contribution in [2.75, 3.05) is 5.32 Å². The Kier molecular flexibility index (Phi) is 3.20. The van der Waals surface area contributed by atoms with Crippen molar-refractivity contribution >= 4 is 6.01 Å². The number of furan rings is 1. The van der Waals surface area contributed by atoms with Gasteiger partial charge in [-0.3, -0.25) is 4.98 Å². The fraction of sp³-hybridized carbons (Fsp3) is 0.214. The number of aryl methyl sites for hydroxylation is 2. The Morgan fingerprint density at radius 3 is 2.60 bits per heavy atom. The van der Waals surface area contributed by atoms with E-state index in [9.17, 15) is 0 Å². The van der Waals surface area contributed by atoms with Crippen molar-refractivity contribution in [2.45, 2.75) is 20.4 Å². The number of pyridine rings is 1. The zero-order valence-electron chi connectivity index (χ0n) is 11.3. The van der Waals surface area contributed by atoms with Crippen LogP contribution in [-0.4, -0.2) is 15.2 Å². The first-order valence-electron chi connectivity index (χ1n) is 6.26. The Balaban J connectivity index is 1.70. The van der Waals surface area contributed by atoms with Gasteiger partial charge in [-0.05, 0) is 32.0 Å². The molecule has 0 amide bonds. The smallest absolute Gasteiger partial charge is 0.316 e. The normalized spacial score (nSPS) is 10.7. The van der Waals surface area contributed by atoms with Crippen LogP contribution >= 0.6 is 0 Å². The number of aromatic nitrogens is 3. The Morgan fingerprint density at radius 2 is 1.90 bits per heavy atom. The average molecular weight is 270 g/mol. The van der Waals surface area contributed by atoms with Crippen LogP contribution in [-0.2, 0) is 6.54 Å². The van der Waals surface area contributed by atoms with Gasteiger partial charge in [0.15, 0.2) is 0 Å². The van der Waals surface area contributed by atoms with Gasteiger partial charge in [0.1, 0.15) is 11.5 Å². The first-order chi connectivity index (χ1) is 9.72. The summed E-state index contributed by atoms with van der Waals surface area (Å²) >= 11 is 0. The summed E-state index contributed by atoms with van der Waals surface area (Å²) in [6.45, 7) is 4.44. The second kappa shape index (κ2) is 5.16. The average Bonchev–Trinajstić information content (AvgIpc) is 3.04. The Hall–Kier alpha value is -2.63. The van der Waals surface area contributed by atoms with Gasteiger partial charge in [0.25, 0.3) is 0 Å². The molecule has 3 aromatic rings. The number of rotatable bonds is 4. The van der Waals surface area contributed by atoms with E-state index in [1.807, 2.05) is 32.0 Å². The van der Waals surface area contributed by atoms with Gasteiger partial charge in [0, 0.05) is 30.1 Å². The predicted molar refractivity (Wildman–Crippen MR) is 73.0 cm³/mol. The minimum absolute atomic E-state index is 0.384. The van der Waals surface area contributed by atoms with Gasteiger partial charge >= 0.3 is 6.01 Å². The van der Waals surface area contributed by atoms with Crippen LogP contribution in [0, 0.1) is 13.8 Å². The van der Waals surface area contributed by atoms with Crippen molar-refractivity contribution < 1.29 is 8.83 Å². The summed E-state index contributed by atoms with van der Waals surface area (Å²) in [7, 11) is 0. The summed E-state index contributed by atoms with van der Waals surface area (Å²) in [5, 5.41) is 11.1. The molecule has 3 rings (SSSR count). The van der Waals surface area contributed by atoms with Crippen LogP contribution in [0.1, 0.15) is 17.1 Å². The lowest BCUT2D eigenvalue weighted by Crippen LogP contribution is -1.99. The van der Waals surface area contributed by atoms with Gasteiger partial charge < -0.3 is 14.2 Å². The van der Waals surface area contributed by atoms with Gasteiger partial charge in [0.05, 0.1) is 0 Å². The predicted octanol–water partition coefficient (Wildman–Crippen LogP) is 2.95. The molecule has 0 fully saturated rings. The number of hydrogen-bond donors (Lipinski definition) is 1. The SMILES string of the molecule is Cc1cc(CNc2nnc(-c3ccncc3)o2)c(C)o1. The third-order valence-electron chi connectivity index (χ3n) is 2.93. The molecule has 6 heteroatoms. The van der Waals surface area contributed by atoms with Crippen molar-refractivity contribution in [3.63, 3.8) is 0 Å². The lowest BCUT2D eigenvalue weighted by atomic mass is 10.2. The van der Waals surface area contributed by atoms with Crippen molar-refractivity contribution in [1.82, 2.24) is 15.2 Å². The quantitative estimate of drug-likeness (QED) is 0.785. The zero-order valence-corrected chi connectivity index (χ0v) is 11.3. The number of nitrogens with zero attached hydrogens (tertiary/aromatic N) is 3. The summed E-state index contributed by atoms with van der Waals surface area (Å²) in [6.07, 6.45) is 3.37. The minimum Gasteiger partial charge on any atom is -0.466 e. The molecule has 0 saturated carbocycles. The van der Waals surface area contributed by atoms with Gasteiger partial charge in [-0.15, -0.1) is 5.10 Å². The highest BCUT2D eigenvalue weighted by Gasteiger charge is 2.09. The topological polar surface area (TPSA) is 77.0 Å². The van der Waals surface area contributed by atoms with Crippen LogP contribution < -0.4 is 5.32 Å². The van der Waals surface area contributed by atoms with E-state index in [4.69, 9.17) is 8.83 Å². The third kappa shape index (κ3) is 2.54. The molecule has 0 saturated heterocycles. The Labute approximate surface area is 115 Å². The fourth-order valence-electron chi connectivity index (χ4n) is 1.94. The van der Waals surface area contributed by atoms with Crippen LogP contribution in [0.4, 0.5) is 6.01 Å². The molecule has 3 aromatic heterocycles. The van der Waals surface area contributed by atoms with E-state index >= 15 is 0 Å². The van der Waals surface area contributed by atoms with Crippen LogP contribution in [0.25, 0.3) is 11.5 Å². The second-order valence-electron chi connectivity index (χ2n) is 4.44. The van der Waals surface area contributed by atoms with Crippen LogP contribution in [0.15, 0.2) is 39.4 Å². The molecule has 0 aliphatic rings. The van der Waals surface area contributed by atoms with Gasteiger partial charge in [-0.25, -0.2) is 0 Å². The van der Waals surface area contributed by atoms with Crippen LogP contribution in [0.3, 0.4) is 0 Å². The molecule has 0 aliphatic carbocycles. The second-order valence-corrected chi connectivity index (χ2v) is 4.44.